The van der Waals surface area contributed by atoms with E-state index in [1.54, 1.807) is 24.3 Å². The normalized spacial score (nSPS) is 12.9. The molecule has 0 spiro atoms. The molecule has 21 heavy (non-hydrogen) atoms. The molecule has 0 bridgehead atoms. The highest BCUT2D eigenvalue weighted by Crippen LogP contribution is 2.32. The molecule has 1 aliphatic heterocycles. The van der Waals surface area contributed by atoms with Crippen LogP contribution in [0.2, 0.25) is 0 Å². The number of benzene rings is 2. The van der Waals surface area contributed by atoms with Crippen LogP contribution in [0.5, 0.6) is 17.2 Å². The van der Waals surface area contributed by atoms with E-state index in [4.69, 9.17) is 14.2 Å². The van der Waals surface area contributed by atoms with Crippen LogP contribution in [0.15, 0.2) is 36.4 Å². The van der Waals surface area contributed by atoms with Crippen molar-refractivity contribution in [3.63, 3.8) is 0 Å². The first-order valence-electron chi connectivity index (χ1n) is 6.47. The number of carbonyl (C=O) groups excluding carboxylic acids is 1. The molecule has 3 rings (SSSR count). The van der Waals surface area contributed by atoms with E-state index >= 15 is 0 Å². The number of hydrogen-bond acceptors (Lipinski definition) is 4. The second-order valence-corrected chi connectivity index (χ2v) is 4.51. The number of hydrogen-bond donors (Lipinski definition) is 0. The fourth-order valence-electron chi connectivity index (χ4n) is 2.18. The van der Waals surface area contributed by atoms with Crippen LogP contribution in [0.3, 0.4) is 0 Å². The first-order chi connectivity index (χ1) is 10.2. The minimum absolute atomic E-state index is 0.0361. The van der Waals surface area contributed by atoms with Gasteiger partial charge in [0.15, 0.2) is 28.8 Å². The molecule has 0 saturated heterocycles. The zero-order chi connectivity index (χ0) is 14.8. The Morgan fingerprint density at radius 3 is 2.67 bits per heavy atom. The molecule has 0 amide bonds. The van der Waals surface area contributed by atoms with Gasteiger partial charge in [-0.25, -0.2) is 4.39 Å². The van der Waals surface area contributed by atoms with Crippen LogP contribution in [-0.2, 0) is 0 Å². The van der Waals surface area contributed by atoms with Gasteiger partial charge in [-0.3, -0.25) is 4.79 Å². The molecule has 0 atom stereocenters. The Hall–Kier alpha value is -2.56. The Bertz CT molecular complexity index is 697. The molecule has 0 unspecified atom stereocenters. The number of halogens is 1. The molecule has 1 heterocycles. The second kappa shape index (κ2) is 5.44. The first kappa shape index (κ1) is 13.4. The highest BCUT2D eigenvalue weighted by Gasteiger charge is 2.20. The van der Waals surface area contributed by atoms with Crippen LogP contribution in [0.25, 0.3) is 0 Å². The molecule has 5 heteroatoms. The predicted molar refractivity (Wildman–Crippen MR) is 73.8 cm³/mol. The van der Waals surface area contributed by atoms with Crippen molar-refractivity contribution in [1.29, 1.82) is 0 Å². The molecular formula is C16H13FO4. The van der Waals surface area contributed by atoms with Gasteiger partial charge in [0.05, 0.1) is 12.7 Å². The van der Waals surface area contributed by atoms with Gasteiger partial charge < -0.3 is 14.2 Å². The summed E-state index contributed by atoms with van der Waals surface area (Å²) in [4.78, 5) is 12.4. The molecule has 4 nitrogen and oxygen atoms in total. The van der Waals surface area contributed by atoms with E-state index in [1.165, 1.54) is 19.2 Å². The molecule has 0 radical (unpaired) electrons. The Balaban J connectivity index is 1.99. The van der Waals surface area contributed by atoms with Crippen molar-refractivity contribution < 1.29 is 23.4 Å². The maximum atomic E-state index is 14.1. The maximum Gasteiger partial charge on any atom is 0.196 e. The fourth-order valence-corrected chi connectivity index (χ4v) is 2.18. The zero-order valence-corrected chi connectivity index (χ0v) is 11.4. The molecule has 2 aromatic carbocycles. The van der Waals surface area contributed by atoms with Crippen molar-refractivity contribution in [1.82, 2.24) is 0 Å². The lowest BCUT2D eigenvalue weighted by Crippen LogP contribution is -2.16. The number of methoxy groups -OCH3 is 1. The lowest BCUT2D eigenvalue weighted by atomic mass is 10.0. The Morgan fingerprint density at radius 2 is 1.90 bits per heavy atom. The summed E-state index contributed by atoms with van der Waals surface area (Å²) in [6.07, 6.45) is 0. The van der Waals surface area contributed by atoms with Crippen LogP contribution in [0, 0.1) is 5.82 Å². The highest BCUT2D eigenvalue weighted by atomic mass is 19.1. The van der Waals surface area contributed by atoms with Gasteiger partial charge >= 0.3 is 0 Å². The van der Waals surface area contributed by atoms with Gasteiger partial charge in [0.25, 0.3) is 0 Å². The molecule has 0 N–H and O–H groups in total. The van der Waals surface area contributed by atoms with Crippen LogP contribution in [-0.4, -0.2) is 26.1 Å². The number of ether oxygens (including phenoxy) is 3. The summed E-state index contributed by atoms with van der Waals surface area (Å²) < 4.78 is 29.9. The van der Waals surface area contributed by atoms with Crippen molar-refractivity contribution in [3.05, 3.63) is 53.3 Å². The van der Waals surface area contributed by atoms with E-state index < -0.39 is 11.6 Å². The molecular weight excluding hydrogens is 275 g/mol. The van der Waals surface area contributed by atoms with Crippen LogP contribution < -0.4 is 14.2 Å². The third-order valence-electron chi connectivity index (χ3n) is 3.23. The summed E-state index contributed by atoms with van der Waals surface area (Å²) in [6.45, 7) is 0.906. The molecule has 0 aliphatic carbocycles. The minimum atomic E-state index is -0.667. The average Bonchev–Trinajstić information content (AvgIpc) is 2.54. The molecule has 108 valence electrons. The number of carbonyl (C=O) groups is 1. The summed E-state index contributed by atoms with van der Waals surface area (Å²) in [5.41, 5.74) is 0.303. The van der Waals surface area contributed by atoms with Gasteiger partial charge in [-0.15, -0.1) is 0 Å². The Morgan fingerprint density at radius 1 is 1.14 bits per heavy atom. The van der Waals surface area contributed by atoms with Crippen LogP contribution >= 0.6 is 0 Å². The lowest BCUT2D eigenvalue weighted by Gasteiger charge is -2.18. The largest absolute Gasteiger partial charge is 0.494 e. The van der Waals surface area contributed by atoms with Crippen molar-refractivity contribution in [2.24, 2.45) is 0 Å². The standard InChI is InChI=1S/C16H13FO4/c1-19-13-4-2-3-11(15(13)17)16(18)10-5-6-12-14(9-10)21-8-7-20-12/h2-6,9H,7-8H2,1H3. The highest BCUT2D eigenvalue weighted by molar-refractivity contribution is 6.09. The monoisotopic (exact) mass is 288 g/mol. The maximum absolute atomic E-state index is 14.1. The molecule has 0 fully saturated rings. The smallest absolute Gasteiger partial charge is 0.196 e. The minimum Gasteiger partial charge on any atom is -0.494 e. The van der Waals surface area contributed by atoms with E-state index in [2.05, 4.69) is 0 Å². The lowest BCUT2D eigenvalue weighted by molar-refractivity contribution is 0.103. The fraction of sp³-hybridized carbons (Fsp3) is 0.188. The van der Waals surface area contributed by atoms with Gasteiger partial charge in [-0.2, -0.15) is 0 Å². The van der Waals surface area contributed by atoms with Gasteiger partial charge in [-0.05, 0) is 30.3 Å². The van der Waals surface area contributed by atoms with E-state index in [-0.39, 0.29) is 11.3 Å². The summed E-state index contributed by atoms with van der Waals surface area (Å²) >= 11 is 0. The Labute approximate surface area is 121 Å². The Kier molecular flexibility index (Phi) is 3.48. The zero-order valence-electron chi connectivity index (χ0n) is 11.4. The molecule has 1 aliphatic rings. The molecule has 0 aromatic heterocycles. The SMILES string of the molecule is COc1cccc(C(=O)c2ccc3c(c2)OCCO3)c1F. The van der Waals surface area contributed by atoms with E-state index in [0.29, 0.717) is 30.3 Å². The first-order valence-corrected chi connectivity index (χ1v) is 6.47. The van der Waals surface area contributed by atoms with Crippen molar-refractivity contribution >= 4 is 5.78 Å². The second-order valence-electron chi connectivity index (χ2n) is 4.51. The van der Waals surface area contributed by atoms with Crippen molar-refractivity contribution in [3.8, 4) is 17.2 Å². The van der Waals surface area contributed by atoms with E-state index in [0.717, 1.165) is 0 Å². The number of fused-ring (bicyclic) bond motifs is 1. The topological polar surface area (TPSA) is 44.8 Å². The quantitative estimate of drug-likeness (QED) is 0.815. The van der Waals surface area contributed by atoms with Crippen LogP contribution in [0.4, 0.5) is 4.39 Å². The third kappa shape index (κ3) is 2.42. The van der Waals surface area contributed by atoms with Gasteiger partial charge in [-0.1, -0.05) is 6.07 Å². The van der Waals surface area contributed by atoms with Gasteiger partial charge in [0, 0.05) is 5.56 Å². The van der Waals surface area contributed by atoms with Gasteiger partial charge in [0.2, 0.25) is 0 Å². The number of ketones is 1. The van der Waals surface area contributed by atoms with Crippen molar-refractivity contribution in [2.45, 2.75) is 0 Å². The van der Waals surface area contributed by atoms with E-state index in [1.807, 2.05) is 0 Å². The summed E-state index contributed by atoms with van der Waals surface area (Å²) in [5, 5.41) is 0. The summed E-state index contributed by atoms with van der Waals surface area (Å²) in [6, 6.07) is 9.28. The number of rotatable bonds is 3. The van der Waals surface area contributed by atoms with Crippen molar-refractivity contribution in [2.75, 3.05) is 20.3 Å². The predicted octanol–water partition coefficient (Wildman–Crippen LogP) is 2.84. The molecule has 2 aromatic rings. The summed E-state index contributed by atoms with van der Waals surface area (Å²) in [5.74, 6) is 0.0287. The average molecular weight is 288 g/mol. The molecule has 0 saturated carbocycles. The summed E-state index contributed by atoms with van der Waals surface area (Å²) in [7, 11) is 1.36. The van der Waals surface area contributed by atoms with Crippen LogP contribution in [0.1, 0.15) is 15.9 Å². The third-order valence-corrected chi connectivity index (χ3v) is 3.23. The van der Waals surface area contributed by atoms with E-state index in [9.17, 15) is 9.18 Å². The van der Waals surface area contributed by atoms with Gasteiger partial charge in [0.1, 0.15) is 13.2 Å².